The van der Waals surface area contributed by atoms with Crippen LogP contribution in [0.25, 0.3) is 0 Å². The van der Waals surface area contributed by atoms with Crippen LogP contribution in [0.1, 0.15) is 11.1 Å². The van der Waals surface area contributed by atoms with Gasteiger partial charge in [0.15, 0.2) is 6.61 Å². The first-order valence-corrected chi connectivity index (χ1v) is 10.4. The second-order valence-corrected chi connectivity index (χ2v) is 6.94. The molecule has 0 spiro atoms. The van der Waals surface area contributed by atoms with Crippen LogP contribution < -0.4 is 25.5 Å². The number of ether oxygens (including phenoxy) is 2. The van der Waals surface area contributed by atoms with E-state index >= 15 is 0 Å². The summed E-state index contributed by atoms with van der Waals surface area (Å²) in [5.74, 6) is -1.32. The molecule has 174 valence electrons. The Morgan fingerprint density at radius 3 is 2.29 bits per heavy atom. The molecular formula is C25H24N4O5. The molecule has 3 amide bonds. The summed E-state index contributed by atoms with van der Waals surface area (Å²) in [5, 5.41) is 9.05. The Hall–Kier alpha value is -4.66. The summed E-state index contributed by atoms with van der Waals surface area (Å²) >= 11 is 0. The van der Waals surface area contributed by atoms with E-state index in [0.29, 0.717) is 29.3 Å². The van der Waals surface area contributed by atoms with Gasteiger partial charge >= 0.3 is 11.8 Å². The van der Waals surface area contributed by atoms with Crippen molar-refractivity contribution in [3.63, 3.8) is 0 Å². The number of para-hydroxylation sites is 3. The van der Waals surface area contributed by atoms with Gasteiger partial charge in [0.25, 0.3) is 5.91 Å². The monoisotopic (exact) mass is 460 g/mol. The molecule has 0 saturated heterocycles. The van der Waals surface area contributed by atoms with E-state index in [1.54, 1.807) is 48.5 Å². The van der Waals surface area contributed by atoms with E-state index in [1.165, 1.54) is 13.3 Å². The molecule has 0 bridgehead atoms. The highest BCUT2D eigenvalue weighted by molar-refractivity contribution is 6.39. The number of carbonyl (C=O) groups excluding carboxylic acids is 3. The van der Waals surface area contributed by atoms with Gasteiger partial charge in [0.1, 0.15) is 11.5 Å². The van der Waals surface area contributed by atoms with Crippen LogP contribution in [-0.4, -0.2) is 37.7 Å². The van der Waals surface area contributed by atoms with Crippen LogP contribution in [0, 0.1) is 0 Å². The zero-order chi connectivity index (χ0) is 24.2. The average Bonchev–Trinajstić information content (AvgIpc) is 2.87. The summed E-state index contributed by atoms with van der Waals surface area (Å²) in [6, 6.07) is 23.1. The molecule has 0 saturated carbocycles. The second-order valence-electron chi connectivity index (χ2n) is 6.94. The van der Waals surface area contributed by atoms with Crippen molar-refractivity contribution in [2.24, 2.45) is 5.10 Å². The van der Waals surface area contributed by atoms with E-state index in [2.05, 4.69) is 21.2 Å². The summed E-state index contributed by atoms with van der Waals surface area (Å²) in [5.41, 5.74) is 4.02. The molecule has 0 radical (unpaired) electrons. The quantitative estimate of drug-likeness (QED) is 0.258. The molecule has 0 atom stereocenters. The first-order chi connectivity index (χ1) is 16.6. The summed E-state index contributed by atoms with van der Waals surface area (Å²) in [4.78, 5) is 36.3. The van der Waals surface area contributed by atoms with Gasteiger partial charge in [-0.05, 0) is 29.8 Å². The Bertz CT molecular complexity index is 1160. The number of hydrazone groups is 1. The van der Waals surface area contributed by atoms with Crippen LogP contribution in [0.4, 0.5) is 5.69 Å². The van der Waals surface area contributed by atoms with Gasteiger partial charge in [-0.3, -0.25) is 14.4 Å². The number of nitrogens with one attached hydrogen (secondary N) is 3. The van der Waals surface area contributed by atoms with Crippen molar-refractivity contribution in [1.82, 2.24) is 10.7 Å². The zero-order valence-corrected chi connectivity index (χ0v) is 18.5. The van der Waals surface area contributed by atoms with Gasteiger partial charge in [-0.25, -0.2) is 5.43 Å². The van der Waals surface area contributed by atoms with E-state index in [1.807, 2.05) is 30.3 Å². The van der Waals surface area contributed by atoms with E-state index in [0.717, 1.165) is 5.56 Å². The lowest BCUT2D eigenvalue weighted by molar-refractivity contribution is -0.136. The van der Waals surface area contributed by atoms with Crippen LogP contribution in [0.5, 0.6) is 11.5 Å². The maximum atomic E-state index is 12.1. The number of hydrogen-bond donors (Lipinski definition) is 3. The minimum Gasteiger partial charge on any atom is -0.495 e. The highest BCUT2D eigenvalue weighted by atomic mass is 16.5. The van der Waals surface area contributed by atoms with Gasteiger partial charge in [0.05, 0.1) is 19.0 Å². The average molecular weight is 460 g/mol. The fraction of sp³-hybridized carbons (Fsp3) is 0.120. The zero-order valence-electron chi connectivity index (χ0n) is 18.5. The SMILES string of the molecule is COc1ccccc1NC(=O)C(=O)N/N=C\c1ccccc1OCC(=O)NCc1ccccc1. The third kappa shape index (κ3) is 7.20. The Balaban J connectivity index is 1.50. The maximum Gasteiger partial charge on any atom is 0.329 e. The van der Waals surface area contributed by atoms with Gasteiger partial charge in [-0.1, -0.05) is 54.6 Å². The Kier molecular flexibility index (Phi) is 8.75. The summed E-state index contributed by atoms with van der Waals surface area (Å²) < 4.78 is 10.7. The van der Waals surface area contributed by atoms with Gasteiger partial charge in [-0.15, -0.1) is 0 Å². The van der Waals surface area contributed by atoms with Crippen molar-refractivity contribution in [3.05, 3.63) is 90.0 Å². The van der Waals surface area contributed by atoms with Crippen molar-refractivity contribution in [2.45, 2.75) is 6.54 Å². The van der Waals surface area contributed by atoms with Crippen molar-refractivity contribution in [2.75, 3.05) is 19.0 Å². The molecule has 0 aromatic heterocycles. The molecule has 0 unspecified atom stereocenters. The third-order valence-electron chi connectivity index (χ3n) is 4.54. The third-order valence-corrected chi connectivity index (χ3v) is 4.54. The Labute approximate surface area is 196 Å². The summed E-state index contributed by atoms with van der Waals surface area (Å²) in [7, 11) is 1.46. The van der Waals surface area contributed by atoms with E-state index in [-0.39, 0.29) is 12.5 Å². The van der Waals surface area contributed by atoms with Crippen LogP contribution in [0.3, 0.4) is 0 Å². The number of hydrogen-bond acceptors (Lipinski definition) is 6. The Morgan fingerprint density at radius 2 is 1.53 bits per heavy atom. The highest BCUT2D eigenvalue weighted by Crippen LogP contribution is 2.22. The summed E-state index contributed by atoms with van der Waals surface area (Å²) in [6.07, 6.45) is 1.32. The predicted molar refractivity (Wildman–Crippen MR) is 128 cm³/mol. The molecule has 0 aliphatic rings. The van der Waals surface area contributed by atoms with Crippen LogP contribution in [0.2, 0.25) is 0 Å². The number of benzene rings is 3. The summed E-state index contributed by atoms with van der Waals surface area (Å²) in [6.45, 7) is 0.209. The van der Waals surface area contributed by atoms with Gasteiger partial charge in [-0.2, -0.15) is 5.10 Å². The second kappa shape index (κ2) is 12.4. The molecule has 3 N–H and O–H groups in total. The van der Waals surface area contributed by atoms with Crippen LogP contribution in [-0.2, 0) is 20.9 Å². The van der Waals surface area contributed by atoms with Crippen molar-refractivity contribution < 1.29 is 23.9 Å². The molecule has 9 heteroatoms. The number of carbonyl (C=O) groups is 3. The minimum atomic E-state index is -0.958. The molecule has 0 heterocycles. The largest absolute Gasteiger partial charge is 0.495 e. The topological polar surface area (TPSA) is 118 Å². The molecule has 34 heavy (non-hydrogen) atoms. The standard InChI is InChI=1S/C25H24N4O5/c1-33-22-14-8-6-12-20(22)28-24(31)25(32)29-27-16-19-11-5-7-13-21(19)34-17-23(30)26-15-18-9-3-2-4-10-18/h2-14,16H,15,17H2,1H3,(H,26,30)(H,28,31)(H,29,32)/b27-16-. The highest BCUT2D eigenvalue weighted by Gasteiger charge is 2.15. The van der Waals surface area contributed by atoms with Crippen LogP contribution in [0.15, 0.2) is 84.0 Å². The van der Waals surface area contributed by atoms with E-state index < -0.39 is 11.8 Å². The molecule has 0 aliphatic carbocycles. The molecule has 0 fully saturated rings. The first kappa shape index (κ1) is 24.0. The molecular weight excluding hydrogens is 436 g/mol. The lowest BCUT2D eigenvalue weighted by Gasteiger charge is -2.10. The van der Waals surface area contributed by atoms with E-state index in [9.17, 15) is 14.4 Å². The predicted octanol–water partition coefficient (Wildman–Crippen LogP) is 2.48. The maximum absolute atomic E-state index is 12.1. The fourth-order valence-corrected chi connectivity index (χ4v) is 2.85. The molecule has 3 rings (SSSR count). The van der Waals surface area contributed by atoms with Gasteiger partial charge in [0, 0.05) is 12.1 Å². The fourth-order valence-electron chi connectivity index (χ4n) is 2.85. The molecule has 9 nitrogen and oxygen atoms in total. The van der Waals surface area contributed by atoms with Crippen molar-refractivity contribution >= 4 is 29.6 Å². The molecule has 3 aromatic rings. The van der Waals surface area contributed by atoms with Crippen LogP contribution >= 0.6 is 0 Å². The number of rotatable bonds is 9. The lowest BCUT2D eigenvalue weighted by Crippen LogP contribution is -2.32. The number of amides is 3. The van der Waals surface area contributed by atoms with Crippen molar-refractivity contribution in [3.8, 4) is 11.5 Å². The van der Waals surface area contributed by atoms with Crippen molar-refractivity contribution in [1.29, 1.82) is 0 Å². The van der Waals surface area contributed by atoms with Gasteiger partial charge in [0.2, 0.25) is 0 Å². The van der Waals surface area contributed by atoms with E-state index in [4.69, 9.17) is 9.47 Å². The smallest absolute Gasteiger partial charge is 0.329 e. The minimum absolute atomic E-state index is 0.189. The van der Waals surface area contributed by atoms with Gasteiger partial charge < -0.3 is 20.1 Å². The lowest BCUT2D eigenvalue weighted by atomic mass is 10.2. The molecule has 0 aliphatic heterocycles. The number of methoxy groups -OCH3 is 1. The molecule has 3 aromatic carbocycles. The Morgan fingerprint density at radius 1 is 0.853 bits per heavy atom. The number of anilines is 1. The number of nitrogens with zero attached hydrogens (tertiary/aromatic N) is 1. The normalized spacial score (nSPS) is 10.4. The first-order valence-electron chi connectivity index (χ1n) is 10.4.